The second kappa shape index (κ2) is 7.78. The van der Waals surface area contributed by atoms with E-state index in [1.165, 1.54) is 12.8 Å². The molecule has 0 spiro atoms. The van der Waals surface area contributed by atoms with Crippen LogP contribution in [0.5, 0.6) is 0 Å². The average Bonchev–Trinajstić information content (AvgIpc) is 3.00. The molecule has 2 aliphatic rings. The number of nitrogens with zero attached hydrogens (tertiary/aromatic N) is 1. The third kappa shape index (κ3) is 4.43. The molecule has 5 heteroatoms. The van der Waals surface area contributed by atoms with Crippen LogP contribution in [0.1, 0.15) is 52.4 Å². The highest BCUT2D eigenvalue weighted by molar-refractivity contribution is 5.81. The summed E-state index contributed by atoms with van der Waals surface area (Å²) in [6.45, 7) is 5.84. The maximum atomic E-state index is 12.3. The normalized spacial score (nSPS) is 23.0. The van der Waals surface area contributed by atoms with E-state index in [4.69, 9.17) is 4.74 Å². The van der Waals surface area contributed by atoms with Gasteiger partial charge in [0.25, 0.3) is 0 Å². The number of carbonyl (C=O) groups excluding carboxylic acids is 2. The highest BCUT2D eigenvalue weighted by Gasteiger charge is 2.31. The van der Waals surface area contributed by atoms with Crippen LogP contribution in [0.25, 0.3) is 0 Å². The zero-order chi connectivity index (χ0) is 15.2. The fourth-order valence-corrected chi connectivity index (χ4v) is 3.34. The Labute approximate surface area is 127 Å². The van der Waals surface area contributed by atoms with Crippen molar-refractivity contribution in [2.75, 3.05) is 19.7 Å². The van der Waals surface area contributed by atoms with E-state index in [0.717, 1.165) is 38.8 Å². The number of rotatable bonds is 5. The van der Waals surface area contributed by atoms with Gasteiger partial charge in [-0.2, -0.15) is 0 Å². The van der Waals surface area contributed by atoms with E-state index in [2.05, 4.69) is 10.2 Å². The van der Waals surface area contributed by atoms with Gasteiger partial charge in [0.2, 0.25) is 5.91 Å². The van der Waals surface area contributed by atoms with Crippen LogP contribution in [-0.2, 0) is 14.3 Å². The van der Waals surface area contributed by atoms with Gasteiger partial charge in [-0.15, -0.1) is 0 Å². The molecular formula is C16H28N2O3. The molecule has 0 radical (unpaired) electrons. The summed E-state index contributed by atoms with van der Waals surface area (Å²) in [6.07, 6.45) is 6.26. The molecule has 5 nitrogen and oxygen atoms in total. The van der Waals surface area contributed by atoms with Gasteiger partial charge in [-0.1, -0.05) is 12.8 Å². The van der Waals surface area contributed by atoms with Crippen molar-refractivity contribution in [3.8, 4) is 0 Å². The molecule has 1 aliphatic carbocycles. The van der Waals surface area contributed by atoms with Crippen LogP contribution < -0.4 is 5.32 Å². The number of likely N-dealkylation sites (tertiary alicyclic amines) is 1. The number of ether oxygens (including phenoxy) is 1. The molecule has 0 bridgehead atoms. The van der Waals surface area contributed by atoms with Gasteiger partial charge in [-0.25, -0.2) is 0 Å². The van der Waals surface area contributed by atoms with E-state index in [-0.39, 0.29) is 23.8 Å². The van der Waals surface area contributed by atoms with Crippen molar-refractivity contribution in [1.82, 2.24) is 10.2 Å². The summed E-state index contributed by atoms with van der Waals surface area (Å²) in [5.41, 5.74) is 0. The standard InChI is InChI=1S/C16H28N2O3/c1-3-21-16(20)13-8-10-18(11-9-13)12(2)15(19)17-14-6-4-5-7-14/h12-14H,3-11H2,1-2H3,(H,17,19). The third-order valence-corrected chi connectivity index (χ3v) is 4.78. The molecule has 1 saturated carbocycles. The Bertz CT molecular complexity index is 359. The van der Waals surface area contributed by atoms with Gasteiger partial charge in [-0.3, -0.25) is 14.5 Å². The molecule has 21 heavy (non-hydrogen) atoms. The quantitative estimate of drug-likeness (QED) is 0.785. The van der Waals surface area contributed by atoms with Crippen LogP contribution >= 0.6 is 0 Å². The first-order valence-electron chi connectivity index (χ1n) is 8.33. The molecular weight excluding hydrogens is 268 g/mol. The number of hydrogen-bond acceptors (Lipinski definition) is 4. The van der Waals surface area contributed by atoms with Crippen LogP contribution in [0.2, 0.25) is 0 Å². The minimum atomic E-state index is -0.103. The topological polar surface area (TPSA) is 58.6 Å². The first kappa shape index (κ1) is 16.3. The van der Waals surface area contributed by atoms with Gasteiger partial charge in [-0.05, 0) is 52.6 Å². The Balaban J connectivity index is 1.75. The van der Waals surface area contributed by atoms with Crippen molar-refractivity contribution in [1.29, 1.82) is 0 Å². The lowest BCUT2D eigenvalue weighted by atomic mass is 9.96. The van der Waals surface area contributed by atoms with Gasteiger partial charge in [0, 0.05) is 6.04 Å². The summed E-state index contributed by atoms with van der Waals surface area (Å²) in [7, 11) is 0. The monoisotopic (exact) mass is 296 g/mol. The third-order valence-electron chi connectivity index (χ3n) is 4.78. The minimum absolute atomic E-state index is 0.00583. The maximum absolute atomic E-state index is 12.3. The van der Waals surface area contributed by atoms with Crippen molar-refractivity contribution in [3.63, 3.8) is 0 Å². The summed E-state index contributed by atoms with van der Waals surface area (Å²) in [5, 5.41) is 3.16. The van der Waals surface area contributed by atoms with Crippen molar-refractivity contribution in [2.24, 2.45) is 5.92 Å². The van der Waals surface area contributed by atoms with Crippen LogP contribution in [0, 0.1) is 5.92 Å². The maximum Gasteiger partial charge on any atom is 0.309 e. The zero-order valence-corrected chi connectivity index (χ0v) is 13.3. The number of amides is 1. The molecule has 1 atom stereocenters. The number of esters is 1. The molecule has 0 aromatic carbocycles. The zero-order valence-electron chi connectivity index (χ0n) is 13.3. The molecule has 1 aliphatic heterocycles. The lowest BCUT2D eigenvalue weighted by Gasteiger charge is -2.34. The smallest absolute Gasteiger partial charge is 0.309 e. The van der Waals surface area contributed by atoms with Crippen LogP contribution in [0.3, 0.4) is 0 Å². The first-order chi connectivity index (χ1) is 10.1. The van der Waals surface area contributed by atoms with Crippen molar-refractivity contribution < 1.29 is 14.3 Å². The molecule has 1 N–H and O–H groups in total. The van der Waals surface area contributed by atoms with Gasteiger partial charge >= 0.3 is 5.97 Å². The first-order valence-corrected chi connectivity index (χ1v) is 8.33. The second-order valence-corrected chi connectivity index (χ2v) is 6.23. The summed E-state index contributed by atoms with van der Waals surface area (Å²) >= 11 is 0. The predicted molar refractivity (Wildman–Crippen MR) is 80.8 cm³/mol. The second-order valence-electron chi connectivity index (χ2n) is 6.23. The molecule has 1 unspecified atom stereocenters. The lowest BCUT2D eigenvalue weighted by molar-refractivity contribution is -0.149. The van der Waals surface area contributed by atoms with Gasteiger partial charge in [0.05, 0.1) is 18.6 Å². The minimum Gasteiger partial charge on any atom is -0.466 e. The van der Waals surface area contributed by atoms with Crippen molar-refractivity contribution in [2.45, 2.75) is 64.5 Å². The Morgan fingerprint density at radius 1 is 1.19 bits per heavy atom. The van der Waals surface area contributed by atoms with E-state index in [0.29, 0.717) is 12.6 Å². The Morgan fingerprint density at radius 3 is 2.38 bits per heavy atom. The summed E-state index contributed by atoms with van der Waals surface area (Å²) in [6, 6.07) is 0.269. The highest BCUT2D eigenvalue weighted by atomic mass is 16.5. The largest absolute Gasteiger partial charge is 0.466 e. The summed E-state index contributed by atoms with van der Waals surface area (Å²) < 4.78 is 5.08. The Kier molecular flexibility index (Phi) is 6.03. The van der Waals surface area contributed by atoms with Crippen molar-refractivity contribution >= 4 is 11.9 Å². The molecule has 2 fully saturated rings. The average molecular weight is 296 g/mol. The molecule has 0 aromatic heterocycles. The Morgan fingerprint density at radius 2 is 1.81 bits per heavy atom. The van der Waals surface area contributed by atoms with E-state index < -0.39 is 0 Å². The molecule has 1 amide bonds. The van der Waals surface area contributed by atoms with E-state index in [1.54, 1.807) is 0 Å². The molecule has 2 rings (SSSR count). The van der Waals surface area contributed by atoms with Crippen LogP contribution in [-0.4, -0.2) is 48.6 Å². The summed E-state index contributed by atoms with van der Waals surface area (Å²) in [4.78, 5) is 26.2. The van der Waals surface area contributed by atoms with E-state index in [1.807, 2.05) is 13.8 Å². The number of hydrogen-bond donors (Lipinski definition) is 1. The van der Waals surface area contributed by atoms with Gasteiger partial charge in [0.1, 0.15) is 0 Å². The summed E-state index contributed by atoms with van der Waals surface area (Å²) in [5.74, 6) is 0.0583. The van der Waals surface area contributed by atoms with Crippen LogP contribution in [0.15, 0.2) is 0 Å². The highest BCUT2D eigenvalue weighted by Crippen LogP contribution is 2.21. The number of carbonyl (C=O) groups is 2. The van der Waals surface area contributed by atoms with Gasteiger partial charge < -0.3 is 10.1 Å². The fourth-order valence-electron chi connectivity index (χ4n) is 3.34. The van der Waals surface area contributed by atoms with Crippen LogP contribution in [0.4, 0.5) is 0 Å². The number of piperidine rings is 1. The van der Waals surface area contributed by atoms with Crippen molar-refractivity contribution in [3.05, 3.63) is 0 Å². The molecule has 120 valence electrons. The number of nitrogens with one attached hydrogen (secondary N) is 1. The van der Waals surface area contributed by atoms with E-state index >= 15 is 0 Å². The molecule has 0 aromatic rings. The molecule has 1 heterocycles. The Hall–Kier alpha value is -1.10. The fraction of sp³-hybridized carbons (Fsp3) is 0.875. The lowest BCUT2D eigenvalue weighted by Crippen LogP contribution is -2.50. The van der Waals surface area contributed by atoms with Gasteiger partial charge in [0.15, 0.2) is 0 Å². The SMILES string of the molecule is CCOC(=O)C1CCN(C(C)C(=O)NC2CCCC2)CC1. The van der Waals surface area contributed by atoms with E-state index in [9.17, 15) is 9.59 Å². The molecule has 1 saturated heterocycles. The predicted octanol–water partition coefficient (Wildman–Crippen LogP) is 1.71.